The molecule has 0 amide bonds. The lowest BCUT2D eigenvalue weighted by Crippen LogP contribution is -2.27. The van der Waals surface area contributed by atoms with Crippen molar-refractivity contribution in [3.05, 3.63) is 28.8 Å². The van der Waals surface area contributed by atoms with Crippen LogP contribution in [0, 0.1) is 11.8 Å². The maximum atomic E-state index is 6.49. The monoisotopic (exact) mass is 281 g/mol. The van der Waals surface area contributed by atoms with Gasteiger partial charge < -0.3 is 10.5 Å². The van der Waals surface area contributed by atoms with Crippen LogP contribution in [0.1, 0.15) is 50.6 Å². The van der Waals surface area contributed by atoms with Crippen LogP contribution in [0.15, 0.2) is 18.2 Å². The van der Waals surface area contributed by atoms with Gasteiger partial charge in [0.25, 0.3) is 0 Å². The maximum Gasteiger partial charge on any atom is 0.123 e. The Balaban J connectivity index is 2.18. The molecule has 1 saturated carbocycles. The predicted molar refractivity (Wildman–Crippen MR) is 80.7 cm³/mol. The molecule has 2 N–H and O–H groups in total. The summed E-state index contributed by atoms with van der Waals surface area (Å²) in [6, 6.07) is 5.76. The van der Waals surface area contributed by atoms with E-state index in [1.807, 2.05) is 18.2 Å². The van der Waals surface area contributed by atoms with E-state index in [9.17, 15) is 0 Å². The highest BCUT2D eigenvalue weighted by Gasteiger charge is 2.28. The molecular formula is C16H24ClNO. The summed E-state index contributed by atoms with van der Waals surface area (Å²) in [5, 5.41) is 0.731. The number of rotatable bonds is 4. The highest BCUT2D eigenvalue weighted by molar-refractivity contribution is 6.30. The number of hydrogen-bond acceptors (Lipinski definition) is 2. The summed E-state index contributed by atoms with van der Waals surface area (Å²) in [7, 11) is 1.69. The average Bonchev–Trinajstić information content (AvgIpc) is 2.46. The third kappa shape index (κ3) is 3.43. The second-order valence-corrected chi connectivity index (χ2v) is 6.05. The Bertz CT molecular complexity index is 421. The van der Waals surface area contributed by atoms with Crippen molar-refractivity contribution < 1.29 is 4.74 Å². The van der Waals surface area contributed by atoms with Crippen LogP contribution in [0.4, 0.5) is 0 Å². The minimum atomic E-state index is 0.0306. The van der Waals surface area contributed by atoms with E-state index in [1.165, 1.54) is 32.1 Å². The molecule has 19 heavy (non-hydrogen) atoms. The zero-order valence-electron chi connectivity index (χ0n) is 11.9. The smallest absolute Gasteiger partial charge is 0.123 e. The molecule has 106 valence electrons. The highest BCUT2D eigenvalue weighted by Crippen LogP contribution is 2.40. The van der Waals surface area contributed by atoms with Crippen LogP contribution >= 0.6 is 11.6 Å². The van der Waals surface area contributed by atoms with Gasteiger partial charge in [-0.1, -0.05) is 37.8 Å². The molecule has 0 radical (unpaired) electrons. The Morgan fingerprint density at radius 2 is 2.21 bits per heavy atom. The van der Waals surface area contributed by atoms with Gasteiger partial charge in [0.15, 0.2) is 0 Å². The largest absolute Gasteiger partial charge is 0.496 e. The standard InChI is InChI=1S/C16H24ClNO/c1-3-11-5-4-6-12(9-11)16(18)14-10-13(17)7-8-15(14)19-2/h7-8,10-12,16H,3-6,9,18H2,1-2H3. The van der Waals surface area contributed by atoms with E-state index in [0.29, 0.717) is 5.92 Å². The fourth-order valence-corrected chi connectivity index (χ4v) is 3.43. The number of ether oxygens (including phenoxy) is 1. The van der Waals surface area contributed by atoms with Gasteiger partial charge in [0.1, 0.15) is 5.75 Å². The number of hydrogen-bond donors (Lipinski definition) is 1. The molecule has 2 rings (SSSR count). The molecule has 1 aliphatic rings. The van der Waals surface area contributed by atoms with Crippen molar-refractivity contribution in [2.45, 2.75) is 45.1 Å². The molecule has 0 bridgehead atoms. The molecule has 1 aromatic rings. The first kappa shape index (κ1) is 14.7. The van der Waals surface area contributed by atoms with Crippen LogP contribution in [-0.4, -0.2) is 7.11 Å². The summed E-state index contributed by atoms with van der Waals surface area (Å²) in [6.07, 6.45) is 6.35. The fourth-order valence-electron chi connectivity index (χ4n) is 3.25. The molecule has 0 aliphatic heterocycles. The second kappa shape index (κ2) is 6.62. The lowest BCUT2D eigenvalue weighted by molar-refractivity contribution is 0.228. The third-order valence-corrected chi connectivity index (χ3v) is 4.69. The Morgan fingerprint density at radius 3 is 2.89 bits per heavy atom. The topological polar surface area (TPSA) is 35.2 Å². The molecular weight excluding hydrogens is 258 g/mol. The molecule has 0 heterocycles. The normalized spacial score (nSPS) is 25.1. The maximum absolute atomic E-state index is 6.49. The lowest BCUT2D eigenvalue weighted by atomic mass is 9.75. The van der Waals surface area contributed by atoms with Crippen LogP contribution in [0.25, 0.3) is 0 Å². The van der Waals surface area contributed by atoms with Crippen LogP contribution in [0.2, 0.25) is 5.02 Å². The third-order valence-electron chi connectivity index (χ3n) is 4.46. The van der Waals surface area contributed by atoms with E-state index >= 15 is 0 Å². The first-order chi connectivity index (χ1) is 9.15. The molecule has 3 heteroatoms. The Kier molecular flexibility index (Phi) is 5.12. The zero-order chi connectivity index (χ0) is 13.8. The minimum absolute atomic E-state index is 0.0306. The van der Waals surface area contributed by atoms with Crippen LogP contribution in [-0.2, 0) is 0 Å². The number of benzene rings is 1. The summed E-state index contributed by atoms with van der Waals surface area (Å²) in [5.41, 5.74) is 7.55. The summed E-state index contributed by atoms with van der Waals surface area (Å²) in [5.74, 6) is 2.23. The van der Waals surface area contributed by atoms with Crippen molar-refractivity contribution in [3.63, 3.8) is 0 Å². The molecule has 2 nitrogen and oxygen atoms in total. The van der Waals surface area contributed by atoms with Crippen molar-refractivity contribution in [3.8, 4) is 5.75 Å². The van der Waals surface area contributed by atoms with Gasteiger partial charge in [-0.05, 0) is 42.9 Å². The SMILES string of the molecule is CCC1CCCC(C(N)c2cc(Cl)ccc2OC)C1. The van der Waals surface area contributed by atoms with Gasteiger partial charge in [0, 0.05) is 16.6 Å². The Hall–Kier alpha value is -0.730. The summed E-state index contributed by atoms with van der Waals surface area (Å²) >= 11 is 6.10. The lowest BCUT2D eigenvalue weighted by Gasteiger charge is -2.33. The number of nitrogens with two attached hydrogens (primary N) is 1. The van der Waals surface area contributed by atoms with Crippen molar-refractivity contribution in [1.82, 2.24) is 0 Å². The molecule has 3 atom stereocenters. The van der Waals surface area contributed by atoms with Gasteiger partial charge in [0.2, 0.25) is 0 Å². The van der Waals surface area contributed by atoms with Crippen molar-refractivity contribution in [1.29, 1.82) is 0 Å². The van der Waals surface area contributed by atoms with Crippen molar-refractivity contribution in [2.75, 3.05) is 7.11 Å². The van der Waals surface area contributed by atoms with Crippen LogP contribution in [0.5, 0.6) is 5.75 Å². The molecule has 3 unspecified atom stereocenters. The molecule has 0 spiro atoms. The highest BCUT2D eigenvalue weighted by atomic mass is 35.5. The van der Waals surface area contributed by atoms with E-state index in [-0.39, 0.29) is 6.04 Å². The molecule has 0 aromatic heterocycles. The quantitative estimate of drug-likeness (QED) is 0.878. The first-order valence-corrected chi connectivity index (χ1v) is 7.62. The number of methoxy groups -OCH3 is 1. The first-order valence-electron chi connectivity index (χ1n) is 7.24. The van der Waals surface area contributed by atoms with Gasteiger partial charge in [-0.3, -0.25) is 0 Å². The van der Waals surface area contributed by atoms with E-state index in [0.717, 1.165) is 22.3 Å². The summed E-state index contributed by atoms with van der Waals surface area (Å²) in [4.78, 5) is 0. The Morgan fingerprint density at radius 1 is 1.42 bits per heavy atom. The van der Waals surface area contributed by atoms with Gasteiger partial charge in [-0.25, -0.2) is 0 Å². The van der Waals surface area contributed by atoms with Gasteiger partial charge >= 0.3 is 0 Å². The Labute approximate surface area is 121 Å². The second-order valence-electron chi connectivity index (χ2n) is 5.61. The molecule has 0 saturated heterocycles. The average molecular weight is 282 g/mol. The summed E-state index contributed by atoms with van der Waals surface area (Å²) in [6.45, 7) is 2.28. The van der Waals surface area contributed by atoms with E-state index in [1.54, 1.807) is 7.11 Å². The van der Waals surface area contributed by atoms with Crippen molar-refractivity contribution in [2.24, 2.45) is 17.6 Å². The van der Waals surface area contributed by atoms with Crippen LogP contribution in [0.3, 0.4) is 0 Å². The number of halogens is 1. The molecule has 1 aliphatic carbocycles. The summed E-state index contributed by atoms with van der Waals surface area (Å²) < 4.78 is 5.43. The van der Waals surface area contributed by atoms with E-state index < -0.39 is 0 Å². The molecule has 1 fully saturated rings. The molecule has 1 aromatic carbocycles. The van der Waals surface area contributed by atoms with Gasteiger partial charge in [-0.2, -0.15) is 0 Å². The van der Waals surface area contributed by atoms with E-state index in [2.05, 4.69) is 6.92 Å². The zero-order valence-corrected chi connectivity index (χ0v) is 12.6. The van der Waals surface area contributed by atoms with Gasteiger partial charge in [0.05, 0.1) is 7.11 Å². The van der Waals surface area contributed by atoms with Crippen LogP contribution < -0.4 is 10.5 Å². The minimum Gasteiger partial charge on any atom is -0.496 e. The van der Waals surface area contributed by atoms with Gasteiger partial charge in [-0.15, -0.1) is 0 Å². The predicted octanol–water partition coefficient (Wildman–Crippen LogP) is 4.56. The van der Waals surface area contributed by atoms with E-state index in [4.69, 9.17) is 22.1 Å². The fraction of sp³-hybridized carbons (Fsp3) is 0.625. The van der Waals surface area contributed by atoms with Crippen molar-refractivity contribution >= 4 is 11.6 Å².